The van der Waals surface area contributed by atoms with Crippen molar-refractivity contribution in [2.24, 2.45) is 0 Å². The molecule has 7 heteroatoms. The molecule has 2 rings (SSSR count). The number of benzene rings is 1. The fraction of sp³-hybridized carbons (Fsp3) is 0.500. The highest BCUT2D eigenvalue weighted by molar-refractivity contribution is 7.89. The number of rotatable bonds is 4. The standard InChI is InChI=1S/C14H19NO5S/c1-8-6-9(2)13(7-11(8)14(16)17)21(18,19)15-12-4-5-20-10(12)3/h6-7,10,12,15H,4-5H2,1-3H3,(H,16,17). The number of sulfonamides is 1. The van der Waals surface area contributed by atoms with Gasteiger partial charge in [-0.15, -0.1) is 0 Å². The molecule has 0 aromatic heterocycles. The van der Waals surface area contributed by atoms with Gasteiger partial charge in [-0.25, -0.2) is 17.9 Å². The zero-order valence-corrected chi connectivity index (χ0v) is 13.0. The molecule has 1 fully saturated rings. The highest BCUT2D eigenvalue weighted by atomic mass is 32.2. The first-order valence-electron chi connectivity index (χ1n) is 6.71. The summed E-state index contributed by atoms with van der Waals surface area (Å²) in [6.07, 6.45) is 0.418. The Balaban J connectivity index is 2.40. The second kappa shape index (κ2) is 5.75. The Morgan fingerprint density at radius 2 is 2.00 bits per heavy atom. The molecule has 1 aromatic rings. The van der Waals surface area contributed by atoms with E-state index in [2.05, 4.69) is 4.72 Å². The number of hydrogen-bond acceptors (Lipinski definition) is 4. The number of nitrogens with one attached hydrogen (secondary N) is 1. The van der Waals surface area contributed by atoms with Crippen molar-refractivity contribution in [2.75, 3.05) is 6.61 Å². The lowest BCUT2D eigenvalue weighted by Gasteiger charge is -2.18. The van der Waals surface area contributed by atoms with Gasteiger partial charge in [0.15, 0.2) is 0 Å². The fourth-order valence-corrected chi connectivity index (χ4v) is 4.09. The zero-order valence-electron chi connectivity index (χ0n) is 12.2. The monoisotopic (exact) mass is 313 g/mol. The molecule has 1 saturated heterocycles. The Kier molecular flexibility index (Phi) is 4.36. The van der Waals surface area contributed by atoms with Crippen LogP contribution in [0.3, 0.4) is 0 Å². The summed E-state index contributed by atoms with van der Waals surface area (Å²) in [4.78, 5) is 11.2. The summed E-state index contributed by atoms with van der Waals surface area (Å²) in [5.41, 5.74) is 1.06. The summed E-state index contributed by atoms with van der Waals surface area (Å²) in [6, 6.07) is 2.51. The summed E-state index contributed by atoms with van der Waals surface area (Å²) >= 11 is 0. The average Bonchev–Trinajstić information content (AvgIpc) is 2.73. The average molecular weight is 313 g/mol. The molecule has 1 aromatic carbocycles. The molecule has 1 aliphatic rings. The second-order valence-corrected chi connectivity index (χ2v) is 7.01. The van der Waals surface area contributed by atoms with Gasteiger partial charge in [-0.1, -0.05) is 6.07 Å². The fourth-order valence-electron chi connectivity index (χ4n) is 2.50. The smallest absolute Gasteiger partial charge is 0.335 e. The van der Waals surface area contributed by atoms with E-state index in [1.54, 1.807) is 19.9 Å². The van der Waals surface area contributed by atoms with Crippen LogP contribution in [-0.4, -0.2) is 38.2 Å². The summed E-state index contributed by atoms with van der Waals surface area (Å²) in [7, 11) is -3.77. The Morgan fingerprint density at radius 1 is 1.33 bits per heavy atom. The van der Waals surface area contributed by atoms with Crippen molar-refractivity contribution in [1.29, 1.82) is 0 Å². The molecule has 1 aliphatic heterocycles. The van der Waals surface area contributed by atoms with E-state index < -0.39 is 16.0 Å². The van der Waals surface area contributed by atoms with E-state index in [4.69, 9.17) is 9.84 Å². The van der Waals surface area contributed by atoms with Crippen LogP contribution < -0.4 is 4.72 Å². The zero-order chi connectivity index (χ0) is 15.8. The molecule has 6 nitrogen and oxygen atoms in total. The molecule has 0 saturated carbocycles. The van der Waals surface area contributed by atoms with Crippen LogP contribution >= 0.6 is 0 Å². The minimum atomic E-state index is -3.77. The van der Waals surface area contributed by atoms with Crippen molar-refractivity contribution in [3.05, 3.63) is 28.8 Å². The highest BCUT2D eigenvalue weighted by Gasteiger charge is 2.30. The normalized spacial score (nSPS) is 22.4. The third kappa shape index (κ3) is 3.25. The summed E-state index contributed by atoms with van der Waals surface area (Å²) < 4.78 is 32.9. The van der Waals surface area contributed by atoms with Crippen molar-refractivity contribution in [3.8, 4) is 0 Å². The molecule has 2 N–H and O–H groups in total. The minimum absolute atomic E-state index is 0.00306. The third-order valence-corrected chi connectivity index (χ3v) is 5.36. The Morgan fingerprint density at radius 3 is 2.52 bits per heavy atom. The maximum Gasteiger partial charge on any atom is 0.335 e. The van der Waals surface area contributed by atoms with Gasteiger partial charge in [0.25, 0.3) is 0 Å². The largest absolute Gasteiger partial charge is 0.478 e. The van der Waals surface area contributed by atoms with Gasteiger partial charge in [0.2, 0.25) is 10.0 Å². The van der Waals surface area contributed by atoms with Crippen LogP contribution in [0.2, 0.25) is 0 Å². The molecule has 1 heterocycles. The number of carbonyl (C=O) groups is 1. The molecular weight excluding hydrogens is 294 g/mol. The van der Waals surface area contributed by atoms with Crippen LogP contribution in [-0.2, 0) is 14.8 Å². The van der Waals surface area contributed by atoms with Gasteiger partial charge in [0.05, 0.1) is 22.6 Å². The first-order chi connectivity index (χ1) is 9.72. The summed E-state index contributed by atoms with van der Waals surface area (Å²) in [5.74, 6) is -1.14. The summed E-state index contributed by atoms with van der Waals surface area (Å²) in [5, 5.41) is 9.14. The van der Waals surface area contributed by atoms with Crippen LogP contribution in [0.5, 0.6) is 0 Å². The van der Waals surface area contributed by atoms with E-state index in [9.17, 15) is 13.2 Å². The lowest BCUT2D eigenvalue weighted by atomic mass is 10.1. The van der Waals surface area contributed by atoms with Gasteiger partial charge in [-0.2, -0.15) is 0 Å². The Hall–Kier alpha value is -1.44. The maximum absolute atomic E-state index is 12.5. The van der Waals surface area contributed by atoms with Crippen LogP contribution in [0.1, 0.15) is 34.8 Å². The van der Waals surface area contributed by atoms with Crippen molar-refractivity contribution >= 4 is 16.0 Å². The van der Waals surface area contributed by atoms with Crippen molar-refractivity contribution in [3.63, 3.8) is 0 Å². The van der Waals surface area contributed by atoms with Crippen LogP contribution in [0.4, 0.5) is 0 Å². The van der Waals surface area contributed by atoms with Crippen LogP contribution in [0, 0.1) is 13.8 Å². The molecule has 2 atom stereocenters. The molecular formula is C14H19NO5S. The highest BCUT2D eigenvalue weighted by Crippen LogP contribution is 2.23. The third-order valence-electron chi connectivity index (χ3n) is 3.72. The predicted molar refractivity (Wildman–Crippen MR) is 77.0 cm³/mol. The summed E-state index contributed by atoms with van der Waals surface area (Å²) in [6.45, 7) is 5.63. The number of ether oxygens (including phenoxy) is 1. The number of carboxylic acid groups (broad SMARTS) is 1. The predicted octanol–water partition coefficient (Wildman–Crippen LogP) is 1.46. The first kappa shape index (κ1) is 15.9. The van der Waals surface area contributed by atoms with Crippen molar-refractivity contribution in [2.45, 2.75) is 44.2 Å². The topological polar surface area (TPSA) is 92.7 Å². The second-order valence-electron chi connectivity index (χ2n) is 5.33. The van der Waals surface area contributed by atoms with Gasteiger partial charge in [-0.05, 0) is 44.4 Å². The molecule has 0 bridgehead atoms. The number of hydrogen-bond donors (Lipinski definition) is 2. The van der Waals surface area contributed by atoms with Gasteiger partial charge in [-0.3, -0.25) is 0 Å². The lowest BCUT2D eigenvalue weighted by molar-refractivity contribution is 0.0696. The molecule has 0 amide bonds. The van der Waals surface area contributed by atoms with Gasteiger partial charge < -0.3 is 9.84 Å². The molecule has 21 heavy (non-hydrogen) atoms. The lowest BCUT2D eigenvalue weighted by Crippen LogP contribution is -2.39. The molecule has 2 unspecified atom stereocenters. The number of aromatic carboxylic acids is 1. The maximum atomic E-state index is 12.5. The molecule has 0 spiro atoms. The van der Waals surface area contributed by atoms with Crippen molar-refractivity contribution < 1.29 is 23.1 Å². The molecule has 0 radical (unpaired) electrons. The Bertz CT molecular complexity index is 668. The quantitative estimate of drug-likeness (QED) is 0.878. The molecule has 116 valence electrons. The van der Waals surface area contributed by atoms with Gasteiger partial charge >= 0.3 is 5.97 Å². The first-order valence-corrected chi connectivity index (χ1v) is 8.19. The number of aryl methyl sites for hydroxylation is 2. The van der Waals surface area contributed by atoms with Crippen molar-refractivity contribution in [1.82, 2.24) is 4.72 Å². The number of carboxylic acids is 1. The van der Waals surface area contributed by atoms with Gasteiger partial charge in [0.1, 0.15) is 0 Å². The van der Waals surface area contributed by atoms with E-state index >= 15 is 0 Å². The van der Waals surface area contributed by atoms with E-state index in [-0.39, 0.29) is 22.6 Å². The minimum Gasteiger partial charge on any atom is -0.478 e. The van der Waals surface area contributed by atoms with E-state index in [1.165, 1.54) is 6.07 Å². The molecule has 0 aliphatic carbocycles. The van der Waals surface area contributed by atoms with E-state index in [1.807, 2.05) is 6.92 Å². The van der Waals surface area contributed by atoms with E-state index in [0.717, 1.165) is 0 Å². The van der Waals surface area contributed by atoms with Crippen LogP contribution in [0.25, 0.3) is 0 Å². The SMILES string of the molecule is Cc1cc(C)c(S(=O)(=O)NC2CCOC2C)cc1C(=O)O. The van der Waals surface area contributed by atoms with Gasteiger partial charge in [0, 0.05) is 6.61 Å². The van der Waals surface area contributed by atoms with E-state index in [0.29, 0.717) is 24.2 Å². The Labute approximate surface area is 124 Å². The van der Waals surface area contributed by atoms with Crippen LogP contribution in [0.15, 0.2) is 17.0 Å².